The van der Waals surface area contributed by atoms with Crippen LogP contribution in [0.5, 0.6) is 0 Å². The van der Waals surface area contributed by atoms with Crippen LogP contribution in [-0.2, 0) is 17.9 Å². The smallest absolute Gasteiger partial charge is 0.218 e. The molecule has 2 rings (SSSR count). The molecule has 1 heterocycles. The van der Waals surface area contributed by atoms with Crippen molar-refractivity contribution in [2.24, 2.45) is 0 Å². The number of carbonyl (C=O) groups is 1. The van der Waals surface area contributed by atoms with E-state index in [1.807, 2.05) is 33.8 Å². The highest BCUT2D eigenvalue weighted by atomic mass is 16.1. The largest absolute Gasteiger partial charge is 0.338 e. The molecule has 0 spiro atoms. The highest BCUT2D eigenvalue weighted by Crippen LogP contribution is 2.25. The topological polar surface area (TPSA) is 34.0 Å². The van der Waals surface area contributed by atoms with Crippen LogP contribution in [-0.4, -0.2) is 10.5 Å². The molecule has 0 saturated carbocycles. The Morgan fingerprint density at radius 2 is 1.71 bits per heavy atom. The van der Waals surface area contributed by atoms with Crippen molar-refractivity contribution in [1.29, 1.82) is 0 Å². The minimum atomic E-state index is 0.00230. The molecule has 0 aliphatic heterocycles. The molecule has 0 atom stereocenters. The molecule has 3 nitrogen and oxygen atoms in total. The molecule has 0 bridgehead atoms. The lowest BCUT2D eigenvalue weighted by Crippen LogP contribution is -2.24. The van der Waals surface area contributed by atoms with Crippen molar-refractivity contribution in [3.8, 4) is 0 Å². The second kappa shape index (κ2) is 10.0. The second-order valence-electron chi connectivity index (χ2n) is 4.26. The number of nitrogens with zero attached hydrogens (tertiary/aromatic N) is 1. The predicted molar refractivity (Wildman–Crippen MR) is 92.6 cm³/mol. The molecule has 2 aromatic rings. The van der Waals surface area contributed by atoms with Crippen LogP contribution in [0, 0.1) is 6.92 Å². The molecule has 118 valence electrons. The van der Waals surface area contributed by atoms with Gasteiger partial charge in [0, 0.05) is 18.0 Å². The zero-order valence-electron chi connectivity index (χ0n) is 14.6. The monoisotopic (exact) mass is 290 g/mol. The van der Waals surface area contributed by atoms with Gasteiger partial charge in [0.05, 0.1) is 12.2 Å². The maximum absolute atomic E-state index is 11.0. The lowest BCUT2D eigenvalue weighted by atomic mass is 10.1. The molecule has 21 heavy (non-hydrogen) atoms. The number of hydrogen-bond donors (Lipinski definition) is 1. The summed E-state index contributed by atoms with van der Waals surface area (Å²) in [6, 6.07) is 8.32. The number of para-hydroxylation sites is 1. The molecule has 0 aliphatic carbocycles. The molecule has 0 unspecified atom stereocenters. The summed E-state index contributed by atoms with van der Waals surface area (Å²) >= 11 is 0. The molecule has 0 saturated heterocycles. The second-order valence-corrected chi connectivity index (χ2v) is 4.26. The summed E-state index contributed by atoms with van der Waals surface area (Å²) in [6.07, 6.45) is 0.972. The highest BCUT2D eigenvalue weighted by Gasteiger charge is 2.11. The van der Waals surface area contributed by atoms with Gasteiger partial charge in [-0.2, -0.15) is 0 Å². The summed E-state index contributed by atoms with van der Waals surface area (Å²) < 4.78 is 2.19. The normalized spacial score (nSPS) is 9.29. The number of carbonyl (C=O) groups excluding carboxylic acids is 1. The minimum absolute atomic E-state index is 0.00230. The Labute approximate surface area is 129 Å². The van der Waals surface area contributed by atoms with Crippen molar-refractivity contribution < 1.29 is 4.79 Å². The van der Waals surface area contributed by atoms with Crippen LogP contribution in [0.15, 0.2) is 24.3 Å². The number of benzene rings is 1. The van der Waals surface area contributed by atoms with Gasteiger partial charge in [0.15, 0.2) is 0 Å². The first-order valence-corrected chi connectivity index (χ1v) is 7.96. The van der Waals surface area contributed by atoms with E-state index in [0.717, 1.165) is 6.42 Å². The van der Waals surface area contributed by atoms with E-state index < -0.39 is 0 Å². The van der Waals surface area contributed by atoms with Crippen LogP contribution in [0.25, 0.3) is 10.9 Å². The van der Waals surface area contributed by atoms with E-state index in [1.54, 1.807) is 6.92 Å². The van der Waals surface area contributed by atoms with Crippen LogP contribution in [0.1, 0.15) is 52.8 Å². The van der Waals surface area contributed by atoms with Crippen LogP contribution in [0.4, 0.5) is 0 Å². The third-order valence-electron chi connectivity index (χ3n) is 3.18. The third-order valence-corrected chi connectivity index (χ3v) is 3.18. The minimum Gasteiger partial charge on any atom is -0.338 e. The van der Waals surface area contributed by atoms with Crippen LogP contribution >= 0.6 is 0 Å². The molecule has 1 aromatic carbocycles. The number of aryl methyl sites for hydroxylation is 1. The summed E-state index contributed by atoms with van der Waals surface area (Å²) in [5, 5.41) is 4.14. The first kappa shape index (κ1) is 19.2. The van der Waals surface area contributed by atoms with Gasteiger partial charge in [-0.1, -0.05) is 52.8 Å². The van der Waals surface area contributed by atoms with E-state index in [-0.39, 0.29) is 5.91 Å². The van der Waals surface area contributed by atoms with Gasteiger partial charge in [-0.15, -0.1) is 0 Å². The predicted octanol–water partition coefficient (Wildman–Crippen LogP) is 4.66. The first-order chi connectivity index (χ1) is 10.1. The van der Waals surface area contributed by atoms with E-state index in [9.17, 15) is 4.79 Å². The number of amides is 1. The Balaban J connectivity index is 0.000000921. The van der Waals surface area contributed by atoms with Crippen molar-refractivity contribution in [1.82, 2.24) is 9.88 Å². The summed E-state index contributed by atoms with van der Waals surface area (Å²) in [7, 11) is 0. The Kier molecular flexibility index (Phi) is 9.18. The quantitative estimate of drug-likeness (QED) is 0.876. The van der Waals surface area contributed by atoms with Gasteiger partial charge in [0.1, 0.15) is 0 Å². The number of rotatable bonds is 3. The first-order valence-electron chi connectivity index (χ1n) is 7.96. The fourth-order valence-electron chi connectivity index (χ4n) is 2.36. The molecule has 0 radical (unpaired) electrons. The molecule has 0 fully saturated rings. The Bertz CT molecular complexity index is 556. The van der Waals surface area contributed by atoms with E-state index in [1.165, 1.54) is 22.2 Å². The standard InChI is InChI=1S/C14H18N2O.2C2H6/c1-4-13-10(2)12-7-5-6-8-14(12)16(13)9-15-11(3)17;2*1-2/h5-8H,4,9H2,1-3H3,(H,15,17);2*1-2H3. The van der Waals surface area contributed by atoms with Crippen LogP contribution in [0.3, 0.4) is 0 Å². The lowest BCUT2D eigenvalue weighted by molar-refractivity contribution is -0.119. The third kappa shape index (κ3) is 4.62. The van der Waals surface area contributed by atoms with Gasteiger partial charge < -0.3 is 9.88 Å². The molecular formula is C18H30N2O. The Hall–Kier alpha value is -1.77. The summed E-state index contributed by atoms with van der Waals surface area (Å²) in [6.45, 7) is 14.4. The number of aromatic nitrogens is 1. The summed E-state index contributed by atoms with van der Waals surface area (Å²) in [4.78, 5) is 11.0. The molecule has 3 heteroatoms. The van der Waals surface area contributed by atoms with Gasteiger partial charge in [-0.25, -0.2) is 0 Å². The van der Waals surface area contributed by atoms with Crippen molar-refractivity contribution in [2.45, 2.75) is 61.6 Å². The van der Waals surface area contributed by atoms with Crippen LogP contribution < -0.4 is 5.32 Å². The van der Waals surface area contributed by atoms with E-state index >= 15 is 0 Å². The van der Waals surface area contributed by atoms with Gasteiger partial charge in [-0.05, 0) is 25.0 Å². The number of hydrogen-bond acceptors (Lipinski definition) is 1. The lowest BCUT2D eigenvalue weighted by Gasteiger charge is -2.10. The van der Waals surface area contributed by atoms with E-state index in [2.05, 4.69) is 41.9 Å². The van der Waals surface area contributed by atoms with Crippen molar-refractivity contribution in [3.05, 3.63) is 35.5 Å². The van der Waals surface area contributed by atoms with Crippen molar-refractivity contribution in [3.63, 3.8) is 0 Å². The number of fused-ring (bicyclic) bond motifs is 1. The molecule has 1 aromatic heterocycles. The maximum Gasteiger partial charge on any atom is 0.218 e. The average molecular weight is 290 g/mol. The van der Waals surface area contributed by atoms with Crippen molar-refractivity contribution in [2.75, 3.05) is 0 Å². The van der Waals surface area contributed by atoms with E-state index in [0.29, 0.717) is 6.67 Å². The van der Waals surface area contributed by atoms with Gasteiger partial charge in [-0.3, -0.25) is 4.79 Å². The fraction of sp³-hybridized carbons (Fsp3) is 0.500. The number of nitrogens with one attached hydrogen (secondary N) is 1. The molecule has 1 amide bonds. The zero-order chi connectivity index (χ0) is 16.4. The van der Waals surface area contributed by atoms with Gasteiger partial charge >= 0.3 is 0 Å². The van der Waals surface area contributed by atoms with Crippen molar-refractivity contribution >= 4 is 16.8 Å². The van der Waals surface area contributed by atoms with Gasteiger partial charge in [0.2, 0.25) is 5.91 Å². The molecule has 0 aliphatic rings. The van der Waals surface area contributed by atoms with E-state index in [4.69, 9.17) is 0 Å². The fourth-order valence-corrected chi connectivity index (χ4v) is 2.36. The summed E-state index contributed by atoms with van der Waals surface area (Å²) in [5.74, 6) is 0.00230. The Morgan fingerprint density at radius 1 is 1.14 bits per heavy atom. The SMILES string of the molecule is CC.CC.CCc1c(C)c2ccccc2n1CNC(C)=O. The molecule has 1 N–H and O–H groups in total. The maximum atomic E-state index is 11.0. The van der Waals surface area contributed by atoms with Gasteiger partial charge in [0.25, 0.3) is 0 Å². The molecular weight excluding hydrogens is 260 g/mol. The summed E-state index contributed by atoms with van der Waals surface area (Å²) in [5.41, 5.74) is 3.80. The zero-order valence-corrected chi connectivity index (χ0v) is 14.6. The van der Waals surface area contributed by atoms with Crippen LogP contribution in [0.2, 0.25) is 0 Å². The highest BCUT2D eigenvalue weighted by molar-refractivity contribution is 5.85. The Morgan fingerprint density at radius 3 is 2.24 bits per heavy atom. The average Bonchev–Trinajstić information content (AvgIpc) is 2.81.